The molecular formula is C14H13ClN2O. The Morgan fingerprint density at radius 3 is 2.50 bits per heavy atom. The summed E-state index contributed by atoms with van der Waals surface area (Å²) < 4.78 is 0. The van der Waals surface area contributed by atoms with Crippen LogP contribution in [0.1, 0.15) is 21.5 Å². The second-order valence-electron chi connectivity index (χ2n) is 4.15. The largest absolute Gasteiger partial charge is 0.321 e. The first-order valence-corrected chi connectivity index (χ1v) is 5.94. The van der Waals surface area contributed by atoms with Gasteiger partial charge in [0.15, 0.2) is 0 Å². The molecule has 2 rings (SSSR count). The fourth-order valence-corrected chi connectivity index (χ4v) is 1.64. The maximum absolute atomic E-state index is 11.9. The number of nitrogens with zero attached hydrogens (tertiary/aromatic N) is 1. The number of amides is 1. The number of hydrogen-bond acceptors (Lipinski definition) is 2. The number of nitrogens with one attached hydrogen (secondary N) is 1. The summed E-state index contributed by atoms with van der Waals surface area (Å²) in [6, 6.07) is 9.18. The molecule has 3 nitrogen and oxygen atoms in total. The maximum atomic E-state index is 11.9. The summed E-state index contributed by atoms with van der Waals surface area (Å²) in [5.74, 6) is -0.154. The topological polar surface area (TPSA) is 42.0 Å². The van der Waals surface area contributed by atoms with E-state index >= 15 is 0 Å². The molecule has 0 atom stereocenters. The molecule has 0 radical (unpaired) electrons. The summed E-state index contributed by atoms with van der Waals surface area (Å²) in [6.45, 7) is 3.82. The minimum Gasteiger partial charge on any atom is -0.321 e. The molecule has 0 unspecified atom stereocenters. The summed E-state index contributed by atoms with van der Waals surface area (Å²) in [5, 5.41) is 3.23. The first-order valence-electron chi connectivity index (χ1n) is 5.56. The average Bonchev–Trinajstić information content (AvgIpc) is 2.34. The SMILES string of the molecule is Cc1ccc(C(=O)Nc2cnc(Cl)c(C)c2)cc1. The molecule has 1 aromatic carbocycles. The zero-order valence-corrected chi connectivity index (χ0v) is 11.0. The van der Waals surface area contributed by atoms with Crippen molar-refractivity contribution in [2.75, 3.05) is 5.32 Å². The van der Waals surface area contributed by atoms with Gasteiger partial charge >= 0.3 is 0 Å². The van der Waals surface area contributed by atoms with Crippen molar-refractivity contribution in [3.05, 3.63) is 58.4 Å². The molecule has 92 valence electrons. The summed E-state index contributed by atoms with van der Waals surface area (Å²) in [6.07, 6.45) is 1.54. The van der Waals surface area contributed by atoms with E-state index in [-0.39, 0.29) is 5.91 Å². The van der Waals surface area contributed by atoms with Crippen molar-refractivity contribution >= 4 is 23.2 Å². The Kier molecular flexibility index (Phi) is 3.63. The number of pyridine rings is 1. The first-order chi connectivity index (χ1) is 8.56. The molecule has 0 bridgehead atoms. The normalized spacial score (nSPS) is 10.2. The van der Waals surface area contributed by atoms with Crippen LogP contribution in [0.5, 0.6) is 0 Å². The van der Waals surface area contributed by atoms with Crippen molar-refractivity contribution in [1.29, 1.82) is 0 Å². The van der Waals surface area contributed by atoms with Gasteiger partial charge in [0, 0.05) is 5.56 Å². The molecule has 0 saturated heterocycles. The number of carbonyl (C=O) groups excluding carboxylic acids is 1. The van der Waals surface area contributed by atoms with Gasteiger partial charge in [0.1, 0.15) is 5.15 Å². The minimum atomic E-state index is -0.154. The highest BCUT2D eigenvalue weighted by molar-refractivity contribution is 6.30. The fourth-order valence-electron chi connectivity index (χ4n) is 1.53. The minimum absolute atomic E-state index is 0.154. The predicted molar refractivity (Wildman–Crippen MR) is 73.1 cm³/mol. The van der Waals surface area contributed by atoms with Crippen LogP contribution in [0.3, 0.4) is 0 Å². The highest BCUT2D eigenvalue weighted by atomic mass is 35.5. The fraction of sp³-hybridized carbons (Fsp3) is 0.143. The third-order valence-electron chi connectivity index (χ3n) is 2.59. The molecule has 1 amide bonds. The zero-order chi connectivity index (χ0) is 13.1. The Bertz CT molecular complexity index is 579. The van der Waals surface area contributed by atoms with E-state index in [1.54, 1.807) is 24.4 Å². The van der Waals surface area contributed by atoms with E-state index in [4.69, 9.17) is 11.6 Å². The summed E-state index contributed by atoms with van der Waals surface area (Å²) in [7, 11) is 0. The summed E-state index contributed by atoms with van der Waals surface area (Å²) in [5.41, 5.74) is 3.21. The molecule has 0 spiro atoms. The second-order valence-corrected chi connectivity index (χ2v) is 4.51. The van der Waals surface area contributed by atoms with Crippen LogP contribution in [0.15, 0.2) is 36.5 Å². The van der Waals surface area contributed by atoms with Crippen molar-refractivity contribution in [1.82, 2.24) is 4.98 Å². The van der Waals surface area contributed by atoms with Gasteiger partial charge in [-0.1, -0.05) is 29.3 Å². The lowest BCUT2D eigenvalue weighted by atomic mass is 10.1. The van der Waals surface area contributed by atoms with Crippen LogP contribution in [0.4, 0.5) is 5.69 Å². The molecule has 4 heteroatoms. The van der Waals surface area contributed by atoms with Crippen molar-refractivity contribution in [2.45, 2.75) is 13.8 Å². The maximum Gasteiger partial charge on any atom is 0.255 e. The highest BCUT2D eigenvalue weighted by Gasteiger charge is 2.06. The zero-order valence-electron chi connectivity index (χ0n) is 10.2. The van der Waals surface area contributed by atoms with Crippen LogP contribution in [-0.2, 0) is 0 Å². The number of halogens is 1. The van der Waals surface area contributed by atoms with Gasteiger partial charge in [-0.3, -0.25) is 4.79 Å². The molecule has 1 aromatic heterocycles. The number of hydrogen-bond donors (Lipinski definition) is 1. The second kappa shape index (κ2) is 5.19. The van der Waals surface area contributed by atoms with E-state index in [2.05, 4.69) is 10.3 Å². The van der Waals surface area contributed by atoms with Crippen molar-refractivity contribution in [3.8, 4) is 0 Å². The molecule has 0 aliphatic heterocycles. The Hall–Kier alpha value is -1.87. The lowest BCUT2D eigenvalue weighted by Crippen LogP contribution is -2.12. The van der Waals surface area contributed by atoms with E-state index in [0.717, 1.165) is 11.1 Å². The van der Waals surface area contributed by atoms with Gasteiger partial charge in [0.05, 0.1) is 11.9 Å². The smallest absolute Gasteiger partial charge is 0.255 e. The molecule has 0 fully saturated rings. The molecule has 0 saturated carbocycles. The van der Waals surface area contributed by atoms with Crippen molar-refractivity contribution in [2.24, 2.45) is 0 Å². The van der Waals surface area contributed by atoms with E-state index in [9.17, 15) is 4.79 Å². The molecule has 1 heterocycles. The van der Waals surface area contributed by atoms with E-state index in [1.807, 2.05) is 26.0 Å². The van der Waals surface area contributed by atoms with Crippen LogP contribution < -0.4 is 5.32 Å². The average molecular weight is 261 g/mol. The van der Waals surface area contributed by atoms with Gasteiger partial charge in [-0.15, -0.1) is 0 Å². The molecule has 2 aromatic rings. The number of anilines is 1. The number of carbonyl (C=O) groups is 1. The molecule has 18 heavy (non-hydrogen) atoms. The van der Waals surface area contributed by atoms with E-state index in [0.29, 0.717) is 16.4 Å². The Morgan fingerprint density at radius 2 is 1.89 bits per heavy atom. The monoisotopic (exact) mass is 260 g/mol. The van der Waals surface area contributed by atoms with Gasteiger partial charge in [0.25, 0.3) is 5.91 Å². The standard InChI is InChI=1S/C14H13ClN2O/c1-9-3-5-11(6-4-9)14(18)17-12-7-10(2)13(15)16-8-12/h3-8H,1-2H3,(H,17,18). The van der Waals surface area contributed by atoms with Crippen LogP contribution in [0, 0.1) is 13.8 Å². The van der Waals surface area contributed by atoms with Crippen LogP contribution in [-0.4, -0.2) is 10.9 Å². The van der Waals surface area contributed by atoms with Gasteiger partial charge in [-0.2, -0.15) is 0 Å². The van der Waals surface area contributed by atoms with Gasteiger partial charge in [-0.25, -0.2) is 4.98 Å². The predicted octanol–water partition coefficient (Wildman–Crippen LogP) is 3.60. The summed E-state index contributed by atoms with van der Waals surface area (Å²) in [4.78, 5) is 15.9. The Labute approximate surface area is 111 Å². The first kappa shape index (κ1) is 12.6. The molecule has 0 aliphatic carbocycles. The number of aryl methyl sites for hydroxylation is 2. The van der Waals surface area contributed by atoms with Gasteiger partial charge in [-0.05, 0) is 37.6 Å². The van der Waals surface area contributed by atoms with Gasteiger partial charge < -0.3 is 5.32 Å². The number of benzene rings is 1. The Morgan fingerprint density at radius 1 is 1.22 bits per heavy atom. The lowest BCUT2D eigenvalue weighted by molar-refractivity contribution is 0.102. The third kappa shape index (κ3) is 2.87. The van der Waals surface area contributed by atoms with Crippen LogP contribution in [0.2, 0.25) is 5.15 Å². The molecule has 1 N–H and O–H groups in total. The van der Waals surface area contributed by atoms with E-state index in [1.165, 1.54) is 0 Å². The molecule has 0 aliphatic rings. The van der Waals surface area contributed by atoms with E-state index < -0.39 is 0 Å². The third-order valence-corrected chi connectivity index (χ3v) is 2.98. The van der Waals surface area contributed by atoms with Gasteiger partial charge in [0.2, 0.25) is 0 Å². The van der Waals surface area contributed by atoms with Crippen LogP contribution >= 0.6 is 11.6 Å². The summed E-state index contributed by atoms with van der Waals surface area (Å²) >= 11 is 5.83. The molecular weight excluding hydrogens is 248 g/mol. The Balaban J connectivity index is 2.16. The van der Waals surface area contributed by atoms with Crippen molar-refractivity contribution in [3.63, 3.8) is 0 Å². The van der Waals surface area contributed by atoms with Crippen molar-refractivity contribution < 1.29 is 4.79 Å². The number of aromatic nitrogens is 1. The lowest BCUT2D eigenvalue weighted by Gasteiger charge is -2.06. The highest BCUT2D eigenvalue weighted by Crippen LogP contribution is 2.16. The quantitative estimate of drug-likeness (QED) is 0.839. The number of rotatable bonds is 2. The van der Waals surface area contributed by atoms with Crippen LogP contribution in [0.25, 0.3) is 0 Å².